The fraction of sp³-hybridized carbons (Fsp3) is 0.300. The fourth-order valence-corrected chi connectivity index (χ4v) is 5.12. The van der Waals surface area contributed by atoms with Gasteiger partial charge in [-0.05, 0) is 29.8 Å². The second-order valence-corrected chi connectivity index (χ2v) is 9.77. The number of rotatable bonds is 5. The van der Waals surface area contributed by atoms with Gasteiger partial charge in [0.15, 0.2) is 0 Å². The van der Waals surface area contributed by atoms with Gasteiger partial charge in [0.05, 0.1) is 28.9 Å². The second-order valence-electron chi connectivity index (χ2n) is 7.15. The predicted octanol–water partition coefficient (Wildman–Crippen LogP) is 3.18. The van der Waals surface area contributed by atoms with Gasteiger partial charge in [0, 0.05) is 30.0 Å². The second kappa shape index (κ2) is 8.54. The largest absolute Gasteiger partial charge is 0.394 e. The maximum atomic E-state index is 10.6. The van der Waals surface area contributed by atoms with E-state index in [4.69, 9.17) is 16.7 Å². The van der Waals surface area contributed by atoms with Crippen molar-refractivity contribution >= 4 is 44.9 Å². The Morgan fingerprint density at radius 2 is 1.97 bits per heavy atom. The van der Waals surface area contributed by atoms with Gasteiger partial charge < -0.3 is 20.4 Å². The van der Waals surface area contributed by atoms with Crippen molar-refractivity contribution in [1.29, 1.82) is 0 Å². The Kier molecular flexibility index (Phi) is 6.01. The van der Waals surface area contributed by atoms with Gasteiger partial charge in [0.25, 0.3) is 0 Å². The summed E-state index contributed by atoms with van der Waals surface area (Å²) in [5, 5.41) is 23.1. The van der Waals surface area contributed by atoms with Crippen molar-refractivity contribution in [3.05, 3.63) is 53.1 Å². The number of aliphatic hydroxyl groups is 2. The molecule has 5 N–H and O–H groups in total. The SMILES string of the molecule is OCC(O)CNc1nc(N2CCS(O)(O)c3ccccc3C2)nc2ccc(Cl)cc12. The van der Waals surface area contributed by atoms with Crippen molar-refractivity contribution in [1.82, 2.24) is 9.97 Å². The molecule has 0 saturated heterocycles. The fourth-order valence-electron chi connectivity index (χ4n) is 3.40. The smallest absolute Gasteiger partial charge is 0.228 e. The number of halogens is 1. The summed E-state index contributed by atoms with van der Waals surface area (Å²) in [4.78, 5) is 11.8. The summed E-state index contributed by atoms with van der Waals surface area (Å²) in [5.41, 5.74) is 1.48. The first-order valence-electron chi connectivity index (χ1n) is 9.46. The number of benzene rings is 2. The molecule has 1 atom stereocenters. The molecule has 1 aromatic heterocycles. The van der Waals surface area contributed by atoms with E-state index in [1.54, 1.807) is 30.3 Å². The highest BCUT2D eigenvalue weighted by Crippen LogP contribution is 2.51. The Bertz CT molecular complexity index is 1070. The highest BCUT2D eigenvalue weighted by atomic mass is 35.5. The van der Waals surface area contributed by atoms with E-state index in [1.165, 1.54) is 0 Å². The minimum atomic E-state index is -2.89. The molecule has 1 aliphatic heterocycles. The molecule has 3 aromatic rings. The number of nitrogens with zero attached hydrogens (tertiary/aromatic N) is 3. The molecule has 8 nitrogen and oxygen atoms in total. The van der Waals surface area contributed by atoms with E-state index in [9.17, 15) is 14.2 Å². The first-order chi connectivity index (χ1) is 14.4. The third-order valence-corrected chi connectivity index (χ3v) is 7.07. The van der Waals surface area contributed by atoms with Gasteiger partial charge in [0.2, 0.25) is 5.95 Å². The molecule has 2 aromatic carbocycles. The van der Waals surface area contributed by atoms with Crippen molar-refractivity contribution < 1.29 is 19.3 Å². The van der Waals surface area contributed by atoms with Gasteiger partial charge in [0.1, 0.15) is 5.82 Å². The highest BCUT2D eigenvalue weighted by Gasteiger charge is 2.27. The molecule has 1 unspecified atom stereocenters. The van der Waals surface area contributed by atoms with Crippen molar-refractivity contribution in [2.24, 2.45) is 0 Å². The monoisotopic (exact) mass is 450 g/mol. The molecule has 0 fully saturated rings. The summed E-state index contributed by atoms with van der Waals surface area (Å²) in [6, 6.07) is 12.6. The van der Waals surface area contributed by atoms with Gasteiger partial charge in [-0.3, -0.25) is 9.11 Å². The molecule has 1 aliphatic rings. The lowest BCUT2D eigenvalue weighted by molar-refractivity contribution is 0.105. The van der Waals surface area contributed by atoms with Gasteiger partial charge in [-0.25, -0.2) is 4.98 Å². The summed E-state index contributed by atoms with van der Waals surface area (Å²) in [5.74, 6) is 1.09. The molecule has 2 heterocycles. The van der Waals surface area contributed by atoms with Gasteiger partial charge >= 0.3 is 0 Å². The van der Waals surface area contributed by atoms with E-state index in [2.05, 4.69) is 15.3 Å². The molecular formula is C20H23ClN4O4S. The third-order valence-electron chi connectivity index (χ3n) is 4.98. The molecule has 0 spiro atoms. The Balaban J connectivity index is 1.74. The van der Waals surface area contributed by atoms with Gasteiger partial charge in [-0.15, -0.1) is 0 Å². The van der Waals surface area contributed by atoms with Crippen LogP contribution in [-0.4, -0.2) is 60.8 Å². The van der Waals surface area contributed by atoms with Gasteiger partial charge in [-0.1, -0.05) is 29.8 Å². The molecule has 4 rings (SSSR count). The first-order valence-corrected chi connectivity index (χ1v) is 11.6. The number of aromatic nitrogens is 2. The van der Waals surface area contributed by atoms with Crippen molar-refractivity contribution in [2.75, 3.05) is 35.7 Å². The van der Waals surface area contributed by atoms with Crippen LogP contribution in [-0.2, 0) is 6.54 Å². The van der Waals surface area contributed by atoms with Crippen molar-refractivity contribution in [3.8, 4) is 0 Å². The average molecular weight is 451 g/mol. The topological polar surface area (TPSA) is 122 Å². The van der Waals surface area contributed by atoms with E-state index < -0.39 is 16.7 Å². The molecule has 0 bridgehead atoms. The van der Waals surface area contributed by atoms with Crippen molar-refractivity contribution in [2.45, 2.75) is 17.5 Å². The average Bonchev–Trinajstić information content (AvgIpc) is 2.88. The zero-order valence-electron chi connectivity index (χ0n) is 16.1. The van der Waals surface area contributed by atoms with E-state index in [0.717, 1.165) is 5.56 Å². The number of hydrogen-bond acceptors (Lipinski definition) is 8. The molecule has 160 valence electrons. The Hall–Kier alpha value is -2.14. The minimum absolute atomic E-state index is 0.109. The number of anilines is 2. The number of aliphatic hydroxyl groups excluding tert-OH is 2. The quantitative estimate of drug-likeness (QED) is 0.401. The van der Waals surface area contributed by atoms with Crippen LogP contribution in [0.5, 0.6) is 0 Å². The van der Waals surface area contributed by atoms with Crippen LogP contribution in [0.3, 0.4) is 0 Å². The molecule has 0 aliphatic carbocycles. The molecule has 10 heteroatoms. The summed E-state index contributed by atoms with van der Waals surface area (Å²) in [7, 11) is -2.89. The predicted molar refractivity (Wildman–Crippen MR) is 120 cm³/mol. The van der Waals surface area contributed by atoms with E-state index in [0.29, 0.717) is 45.7 Å². The maximum absolute atomic E-state index is 10.6. The lowest BCUT2D eigenvalue weighted by Gasteiger charge is -2.32. The number of nitrogens with one attached hydrogen (secondary N) is 1. The molecule has 0 saturated carbocycles. The summed E-state index contributed by atoms with van der Waals surface area (Å²) in [6.07, 6.45) is -0.935. The molecular weight excluding hydrogens is 428 g/mol. The Morgan fingerprint density at radius 1 is 1.17 bits per heavy atom. The van der Waals surface area contributed by atoms with Crippen LogP contribution in [0.15, 0.2) is 47.4 Å². The standard InChI is InChI=1S/C20H23ClN4O4S/c21-14-5-6-17-16(9-14)19(22-10-15(27)12-26)24-20(23-17)25-7-8-30(28,29)18-4-2-1-3-13(18)11-25/h1-6,9,15,26-29H,7-8,10-12H2,(H,22,23,24). The molecule has 30 heavy (non-hydrogen) atoms. The van der Waals surface area contributed by atoms with E-state index >= 15 is 0 Å². The van der Waals surface area contributed by atoms with Crippen LogP contribution >= 0.6 is 22.2 Å². The lowest BCUT2D eigenvalue weighted by Crippen LogP contribution is -2.28. The van der Waals surface area contributed by atoms with E-state index in [-0.39, 0.29) is 18.9 Å². The van der Waals surface area contributed by atoms with E-state index in [1.807, 2.05) is 17.0 Å². The third kappa shape index (κ3) is 4.31. The summed E-state index contributed by atoms with van der Waals surface area (Å²) >= 11 is 6.14. The van der Waals surface area contributed by atoms with Crippen LogP contribution in [0.1, 0.15) is 5.56 Å². The molecule has 0 radical (unpaired) electrons. The minimum Gasteiger partial charge on any atom is -0.394 e. The normalized spacial score (nSPS) is 17.8. The summed E-state index contributed by atoms with van der Waals surface area (Å²) in [6.45, 7) is 0.543. The zero-order valence-corrected chi connectivity index (χ0v) is 17.6. The Morgan fingerprint density at radius 3 is 2.77 bits per heavy atom. The summed E-state index contributed by atoms with van der Waals surface area (Å²) < 4.78 is 21.2. The molecule has 0 amide bonds. The van der Waals surface area contributed by atoms with Gasteiger partial charge in [-0.2, -0.15) is 15.6 Å². The van der Waals surface area contributed by atoms with Crippen LogP contribution in [0, 0.1) is 0 Å². The number of fused-ring (bicyclic) bond motifs is 2. The Labute approximate surface area is 180 Å². The van der Waals surface area contributed by atoms with Crippen LogP contribution in [0.2, 0.25) is 5.02 Å². The van der Waals surface area contributed by atoms with Crippen LogP contribution in [0.25, 0.3) is 10.9 Å². The first kappa shape index (κ1) is 21.1. The van der Waals surface area contributed by atoms with Crippen LogP contribution < -0.4 is 10.2 Å². The lowest BCUT2D eigenvalue weighted by atomic mass is 10.2. The zero-order chi connectivity index (χ0) is 21.3. The van der Waals surface area contributed by atoms with Crippen LogP contribution in [0.4, 0.5) is 11.8 Å². The number of hydrogen-bond donors (Lipinski definition) is 5. The maximum Gasteiger partial charge on any atom is 0.228 e. The van der Waals surface area contributed by atoms with Crippen molar-refractivity contribution in [3.63, 3.8) is 0 Å². The highest BCUT2D eigenvalue weighted by molar-refractivity contribution is 8.24.